The van der Waals surface area contributed by atoms with E-state index in [2.05, 4.69) is 16.7 Å². The molecule has 1 aromatic carbocycles. The third-order valence-corrected chi connectivity index (χ3v) is 3.40. The van der Waals surface area contributed by atoms with Gasteiger partial charge in [0.05, 0.1) is 6.04 Å². The number of benzene rings is 1. The molecule has 0 aromatic heterocycles. The normalized spacial score (nSPS) is 17.1. The highest BCUT2D eigenvalue weighted by Crippen LogP contribution is 2.16. The van der Waals surface area contributed by atoms with Crippen LogP contribution in [0.15, 0.2) is 24.3 Å². The fourth-order valence-electron chi connectivity index (χ4n) is 2.28. The molecule has 20 heavy (non-hydrogen) atoms. The van der Waals surface area contributed by atoms with Gasteiger partial charge in [-0.1, -0.05) is 24.3 Å². The van der Waals surface area contributed by atoms with Crippen molar-refractivity contribution in [2.75, 3.05) is 6.54 Å². The third kappa shape index (κ3) is 3.79. The number of hydroxylamine groups is 1. The minimum absolute atomic E-state index is 0.0519. The molecule has 2 rings (SSSR count). The van der Waals surface area contributed by atoms with Gasteiger partial charge in [0.1, 0.15) is 0 Å². The molecule has 0 unspecified atom stereocenters. The number of carbonyl (C=O) groups excluding carboxylic acids is 2. The molecule has 0 spiro atoms. The summed E-state index contributed by atoms with van der Waals surface area (Å²) in [6.07, 6.45) is 1.37. The van der Waals surface area contributed by atoms with Gasteiger partial charge in [0, 0.05) is 19.5 Å². The van der Waals surface area contributed by atoms with Gasteiger partial charge in [-0.2, -0.15) is 0 Å². The molecule has 1 heterocycles. The fourth-order valence-corrected chi connectivity index (χ4v) is 2.28. The van der Waals surface area contributed by atoms with E-state index < -0.39 is 5.91 Å². The van der Waals surface area contributed by atoms with Crippen LogP contribution in [0.25, 0.3) is 0 Å². The molecule has 6 nitrogen and oxygen atoms in total. The smallest absolute Gasteiger partial charge is 0.243 e. The summed E-state index contributed by atoms with van der Waals surface area (Å²) >= 11 is 0. The molecule has 1 aromatic rings. The summed E-state index contributed by atoms with van der Waals surface area (Å²) < 4.78 is 0. The van der Waals surface area contributed by atoms with Crippen LogP contribution in [-0.4, -0.2) is 29.6 Å². The molecule has 2 amide bonds. The van der Waals surface area contributed by atoms with Gasteiger partial charge < -0.3 is 10.6 Å². The van der Waals surface area contributed by atoms with Gasteiger partial charge in [0.25, 0.3) is 0 Å². The highest BCUT2D eigenvalue weighted by atomic mass is 16.5. The summed E-state index contributed by atoms with van der Waals surface area (Å²) in [6, 6.07) is 7.85. The van der Waals surface area contributed by atoms with Gasteiger partial charge in [-0.25, -0.2) is 5.48 Å². The lowest BCUT2D eigenvalue weighted by Crippen LogP contribution is -2.47. The number of rotatable bonds is 5. The van der Waals surface area contributed by atoms with E-state index in [1.54, 1.807) is 5.48 Å². The Labute approximate surface area is 117 Å². The van der Waals surface area contributed by atoms with Crippen LogP contribution in [-0.2, 0) is 22.6 Å². The van der Waals surface area contributed by atoms with Gasteiger partial charge in [0.15, 0.2) is 0 Å². The van der Waals surface area contributed by atoms with Gasteiger partial charge in [-0.05, 0) is 24.0 Å². The molecular weight excluding hydrogens is 258 g/mol. The predicted octanol–water partition coefficient (Wildman–Crippen LogP) is 0.103. The maximum Gasteiger partial charge on any atom is 0.243 e. The van der Waals surface area contributed by atoms with Crippen LogP contribution in [0, 0.1) is 0 Å². The topological polar surface area (TPSA) is 90.5 Å². The molecule has 6 heteroatoms. The van der Waals surface area contributed by atoms with Crippen molar-refractivity contribution in [2.24, 2.45) is 0 Å². The Morgan fingerprint density at radius 2 is 2.05 bits per heavy atom. The predicted molar refractivity (Wildman–Crippen MR) is 72.9 cm³/mol. The second-order valence-corrected chi connectivity index (χ2v) is 4.84. The van der Waals surface area contributed by atoms with Crippen molar-refractivity contribution >= 4 is 11.8 Å². The summed E-state index contributed by atoms with van der Waals surface area (Å²) in [7, 11) is 0. The molecule has 1 aliphatic heterocycles. The highest BCUT2D eigenvalue weighted by molar-refractivity contribution is 5.82. The zero-order chi connectivity index (χ0) is 14.4. The summed E-state index contributed by atoms with van der Waals surface area (Å²) in [5, 5.41) is 14.3. The lowest BCUT2D eigenvalue weighted by molar-refractivity contribution is -0.129. The number of hydrogen-bond donors (Lipinski definition) is 4. The van der Waals surface area contributed by atoms with E-state index in [0.29, 0.717) is 25.9 Å². The maximum absolute atomic E-state index is 12.0. The van der Waals surface area contributed by atoms with Crippen molar-refractivity contribution in [3.8, 4) is 0 Å². The Hall–Kier alpha value is -1.92. The van der Waals surface area contributed by atoms with E-state index in [9.17, 15) is 9.59 Å². The maximum atomic E-state index is 12.0. The van der Waals surface area contributed by atoms with Crippen molar-refractivity contribution in [2.45, 2.75) is 31.8 Å². The van der Waals surface area contributed by atoms with E-state index in [-0.39, 0.29) is 18.4 Å². The molecule has 108 valence electrons. The number of amides is 2. The van der Waals surface area contributed by atoms with Gasteiger partial charge in [-0.15, -0.1) is 0 Å². The summed E-state index contributed by atoms with van der Waals surface area (Å²) in [4.78, 5) is 22.8. The fraction of sp³-hybridized carbons (Fsp3) is 0.429. The standard InChI is InChI=1S/C14H19N3O3/c18-13(17-20)6-3-7-15-14(19)12-8-10-4-1-2-5-11(10)9-16-12/h1-2,4-5,12,16,20H,3,6-9H2,(H,15,19)(H,17,18)/t12-/m0/s1. The number of carbonyl (C=O) groups is 2. The summed E-state index contributed by atoms with van der Waals surface area (Å²) in [6.45, 7) is 1.12. The molecule has 0 saturated heterocycles. The molecule has 1 atom stereocenters. The van der Waals surface area contributed by atoms with Crippen LogP contribution in [0.5, 0.6) is 0 Å². The zero-order valence-corrected chi connectivity index (χ0v) is 11.2. The van der Waals surface area contributed by atoms with E-state index in [1.807, 2.05) is 18.2 Å². The Morgan fingerprint density at radius 1 is 1.30 bits per heavy atom. The highest BCUT2D eigenvalue weighted by Gasteiger charge is 2.23. The second-order valence-electron chi connectivity index (χ2n) is 4.84. The molecule has 0 bridgehead atoms. The minimum Gasteiger partial charge on any atom is -0.355 e. The lowest BCUT2D eigenvalue weighted by atomic mass is 9.95. The van der Waals surface area contributed by atoms with Crippen molar-refractivity contribution in [1.29, 1.82) is 0 Å². The minimum atomic E-state index is -0.441. The van der Waals surface area contributed by atoms with Crippen molar-refractivity contribution in [3.63, 3.8) is 0 Å². The van der Waals surface area contributed by atoms with Gasteiger partial charge >= 0.3 is 0 Å². The van der Waals surface area contributed by atoms with E-state index in [1.165, 1.54) is 11.1 Å². The van der Waals surface area contributed by atoms with Gasteiger partial charge in [0.2, 0.25) is 11.8 Å². The molecule has 1 aliphatic rings. The van der Waals surface area contributed by atoms with Crippen LogP contribution >= 0.6 is 0 Å². The van der Waals surface area contributed by atoms with Crippen LogP contribution < -0.4 is 16.1 Å². The monoisotopic (exact) mass is 277 g/mol. The largest absolute Gasteiger partial charge is 0.355 e. The lowest BCUT2D eigenvalue weighted by Gasteiger charge is -2.25. The average Bonchev–Trinajstić information content (AvgIpc) is 2.50. The van der Waals surface area contributed by atoms with Crippen LogP contribution in [0.3, 0.4) is 0 Å². The Kier molecular flexibility index (Phi) is 5.09. The Balaban J connectivity index is 1.76. The number of hydrogen-bond acceptors (Lipinski definition) is 4. The zero-order valence-electron chi connectivity index (χ0n) is 11.2. The van der Waals surface area contributed by atoms with Crippen molar-refractivity contribution in [3.05, 3.63) is 35.4 Å². The van der Waals surface area contributed by atoms with Crippen LogP contribution in [0.4, 0.5) is 0 Å². The quantitative estimate of drug-likeness (QED) is 0.349. The average molecular weight is 277 g/mol. The first-order valence-corrected chi connectivity index (χ1v) is 6.71. The number of nitrogens with one attached hydrogen (secondary N) is 3. The molecule has 4 N–H and O–H groups in total. The molecule has 0 saturated carbocycles. The Bertz CT molecular complexity index is 490. The summed E-state index contributed by atoms with van der Waals surface area (Å²) in [5.41, 5.74) is 4.00. The number of fused-ring (bicyclic) bond motifs is 1. The summed E-state index contributed by atoms with van der Waals surface area (Å²) in [5.74, 6) is -0.493. The third-order valence-electron chi connectivity index (χ3n) is 3.40. The van der Waals surface area contributed by atoms with E-state index >= 15 is 0 Å². The first-order chi connectivity index (χ1) is 9.70. The molecule has 0 radical (unpaired) electrons. The van der Waals surface area contributed by atoms with Crippen molar-refractivity contribution < 1.29 is 14.8 Å². The molecule has 0 fully saturated rings. The van der Waals surface area contributed by atoms with Crippen LogP contribution in [0.1, 0.15) is 24.0 Å². The Morgan fingerprint density at radius 3 is 2.80 bits per heavy atom. The first kappa shape index (κ1) is 14.5. The van der Waals surface area contributed by atoms with Crippen molar-refractivity contribution in [1.82, 2.24) is 16.1 Å². The molecular formula is C14H19N3O3. The van der Waals surface area contributed by atoms with E-state index in [0.717, 1.165) is 0 Å². The van der Waals surface area contributed by atoms with Gasteiger partial charge in [-0.3, -0.25) is 14.8 Å². The SMILES string of the molecule is O=C(CCCNC(=O)[C@@H]1Cc2ccccc2CN1)NO. The van der Waals surface area contributed by atoms with E-state index in [4.69, 9.17) is 5.21 Å². The second kappa shape index (κ2) is 7.02. The van der Waals surface area contributed by atoms with Crippen LogP contribution in [0.2, 0.25) is 0 Å². The molecule has 0 aliphatic carbocycles. The first-order valence-electron chi connectivity index (χ1n) is 6.71.